The second-order valence-electron chi connectivity index (χ2n) is 4.64. The Labute approximate surface area is 123 Å². The van der Waals surface area contributed by atoms with Gasteiger partial charge in [-0.1, -0.05) is 48.5 Å². The first-order valence-corrected chi connectivity index (χ1v) is 8.51. The molecule has 0 fully saturated rings. The summed E-state index contributed by atoms with van der Waals surface area (Å²) in [6.07, 6.45) is 1.52. The highest BCUT2D eigenvalue weighted by molar-refractivity contribution is 7.61. The highest BCUT2D eigenvalue weighted by Crippen LogP contribution is 2.44. The van der Waals surface area contributed by atoms with E-state index in [-0.39, 0.29) is 5.44 Å². The molecule has 0 aliphatic carbocycles. The highest BCUT2D eigenvalue weighted by atomic mass is 31.2. The van der Waals surface area contributed by atoms with Crippen LogP contribution in [0.1, 0.15) is 15.9 Å². The van der Waals surface area contributed by atoms with E-state index < -0.39 is 13.3 Å². The van der Waals surface area contributed by atoms with Crippen LogP contribution in [0.5, 0.6) is 0 Å². The molecule has 21 heavy (non-hydrogen) atoms. The van der Waals surface area contributed by atoms with Crippen LogP contribution in [0.4, 0.5) is 0 Å². The summed E-state index contributed by atoms with van der Waals surface area (Å²) in [6, 6.07) is 17.6. The van der Waals surface area contributed by atoms with Crippen LogP contribution in [0.3, 0.4) is 0 Å². The number of benzene rings is 2. The van der Waals surface area contributed by atoms with Gasteiger partial charge < -0.3 is 10.2 Å². The fraction of sp³-hybridized carbons (Fsp3) is 0.0625. The molecule has 2 aromatic rings. The van der Waals surface area contributed by atoms with Crippen molar-refractivity contribution in [1.29, 1.82) is 0 Å². The smallest absolute Gasteiger partial charge is 0.255 e. The minimum absolute atomic E-state index is 0.0163. The van der Waals surface area contributed by atoms with Gasteiger partial charge in [-0.25, -0.2) is 0 Å². The number of hydrogen-bond acceptors (Lipinski definition) is 2. The van der Waals surface area contributed by atoms with Gasteiger partial charge in [0.2, 0.25) is 7.37 Å². The zero-order valence-electron chi connectivity index (χ0n) is 11.6. The van der Waals surface area contributed by atoms with Crippen LogP contribution in [0, 0.1) is 0 Å². The van der Waals surface area contributed by atoms with E-state index in [9.17, 15) is 14.3 Å². The molecular weight excluding hydrogens is 285 g/mol. The summed E-state index contributed by atoms with van der Waals surface area (Å²) >= 11 is 0. The number of nitrogens with one attached hydrogen (secondary N) is 1. The van der Waals surface area contributed by atoms with E-state index in [1.54, 1.807) is 42.5 Å². The quantitative estimate of drug-likeness (QED) is 0.851. The summed E-state index contributed by atoms with van der Waals surface area (Å²) in [7, 11) is -3.59. The average Bonchev–Trinajstić information content (AvgIpc) is 2.47. The molecule has 2 rings (SSSR count). The van der Waals surface area contributed by atoms with Gasteiger partial charge in [0.1, 0.15) is 5.44 Å². The first kappa shape index (κ1) is 15.2. The highest BCUT2D eigenvalue weighted by Gasteiger charge is 2.20. The molecule has 0 heterocycles. The molecule has 0 spiro atoms. The number of rotatable bonds is 4. The lowest BCUT2D eigenvalue weighted by atomic mass is 10.2. The molecule has 2 N–H and O–H groups in total. The molecular formula is C16H16NO3P. The first-order chi connectivity index (χ1) is 9.97. The van der Waals surface area contributed by atoms with E-state index >= 15 is 0 Å². The average molecular weight is 301 g/mol. The van der Waals surface area contributed by atoms with E-state index in [1.165, 1.54) is 12.7 Å². The Morgan fingerprint density at radius 1 is 1.05 bits per heavy atom. The van der Waals surface area contributed by atoms with Gasteiger partial charge in [-0.15, -0.1) is 0 Å². The summed E-state index contributed by atoms with van der Waals surface area (Å²) < 4.78 is 12.0. The van der Waals surface area contributed by atoms with Crippen LogP contribution in [0.2, 0.25) is 0 Å². The van der Waals surface area contributed by atoms with Crippen LogP contribution < -0.4 is 5.32 Å². The number of hydrogen-bond donors (Lipinski definition) is 2. The standard InChI is InChI=1S/C16H16NO3P/c1-21(19,20)15(12-13-8-4-2-5-9-13)17-16(18)14-10-6-3-7-11-14/h2-12H,1H3,(H,17,18)(H,19,20)/b15-12+. The lowest BCUT2D eigenvalue weighted by molar-refractivity contribution is 0.0968. The Kier molecular flexibility index (Phi) is 4.73. The zero-order valence-corrected chi connectivity index (χ0v) is 12.5. The maximum absolute atomic E-state index is 12.1. The van der Waals surface area contributed by atoms with Gasteiger partial charge in [0.05, 0.1) is 0 Å². The van der Waals surface area contributed by atoms with E-state index in [4.69, 9.17) is 0 Å². The van der Waals surface area contributed by atoms with Gasteiger partial charge in [-0.2, -0.15) is 0 Å². The lowest BCUT2D eigenvalue weighted by Gasteiger charge is -2.13. The summed E-state index contributed by atoms with van der Waals surface area (Å²) in [5.41, 5.74) is 1.20. The van der Waals surface area contributed by atoms with Crippen LogP contribution in [-0.4, -0.2) is 17.5 Å². The van der Waals surface area contributed by atoms with Crippen molar-refractivity contribution in [2.75, 3.05) is 6.66 Å². The Bertz CT molecular complexity index is 690. The maximum Gasteiger partial charge on any atom is 0.255 e. The van der Waals surface area contributed by atoms with Crippen molar-refractivity contribution >= 4 is 19.4 Å². The minimum Gasteiger partial charge on any atom is -0.340 e. The van der Waals surface area contributed by atoms with Crippen LogP contribution in [-0.2, 0) is 4.57 Å². The second kappa shape index (κ2) is 6.53. The second-order valence-corrected chi connectivity index (χ2v) is 6.88. The third-order valence-corrected chi connectivity index (χ3v) is 3.96. The molecule has 108 valence electrons. The molecule has 0 aliphatic heterocycles. The number of amides is 1. The number of carbonyl (C=O) groups is 1. The lowest BCUT2D eigenvalue weighted by Crippen LogP contribution is -2.22. The van der Waals surface area contributed by atoms with Crippen molar-refractivity contribution in [3.05, 3.63) is 77.2 Å². The molecule has 0 bridgehead atoms. The normalized spacial score (nSPS) is 14.3. The van der Waals surface area contributed by atoms with E-state index in [0.29, 0.717) is 5.56 Å². The predicted molar refractivity (Wildman–Crippen MR) is 84.1 cm³/mol. The summed E-state index contributed by atoms with van der Waals surface area (Å²) in [4.78, 5) is 21.9. The summed E-state index contributed by atoms with van der Waals surface area (Å²) in [5.74, 6) is -0.408. The third-order valence-electron chi connectivity index (χ3n) is 2.83. The van der Waals surface area contributed by atoms with Crippen molar-refractivity contribution < 1.29 is 14.3 Å². The fourth-order valence-electron chi connectivity index (χ4n) is 1.74. The van der Waals surface area contributed by atoms with E-state index in [0.717, 1.165) is 5.56 Å². The SMILES string of the molecule is CP(=O)(O)/C(=C/c1ccccc1)NC(=O)c1ccccc1. The Balaban J connectivity index is 2.29. The van der Waals surface area contributed by atoms with Crippen molar-refractivity contribution in [2.24, 2.45) is 0 Å². The molecule has 0 saturated heterocycles. The van der Waals surface area contributed by atoms with Crippen LogP contribution >= 0.6 is 7.37 Å². The maximum atomic E-state index is 12.1. The monoisotopic (exact) mass is 301 g/mol. The molecule has 0 radical (unpaired) electrons. The molecule has 5 heteroatoms. The molecule has 0 saturated carbocycles. The van der Waals surface area contributed by atoms with Gasteiger partial charge in [0.25, 0.3) is 5.91 Å². The molecule has 1 unspecified atom stereocenters. The van der Waals surface area contributed by atoms with E-state index in [1.807, 2.05) is 18.2 Å². The molecule has 1 amide bonds. The molecule has 2 aromatic carbocycles. The van der Waals surface area contributed by atoms with Gasteiger partial charge in [0, 0.05) is 12.2 Å². The molecule has 0 aromatic heterocycles. The largest absolute Gasteiger partial charge is 0.340 e. The van der Waals surface area contributed by atoms with Crippen molar-refractivity contribution in [1.82, 2.24) is 5.32 Å². The first-order valence-electron chi connectivity index (χ1n) is 6.41. The van der Waals surface area contributed by atoms with E-state index in [2.05, 4.69) is 5.32 Å². The fourth-order valence-corrected chi connectivity index (χ4v) is 2.44. The summed E-state index contributed by atoms with van der Waals surface area (Å²) in [5, 5.41) is 2.53. The Morgan fingerprint density at radius 2 is 1.57 bits per heavy atom. The molecule has 1 atom stereocenters. The van der Waals surface area contributed by atoms with Gasteiger partial charge >= 0.3 is 0 Å². The topological polar surface area (TPSA) is 66.4 Å². The minimum atomic E-state index is -3.59. The predicted octanol–water partition coefficient (Wildman–Crippen LogP) is 3.32. The van der Waals surface area contributed by atoms with Crippen molar-refractivity contribution in [3.63, 3.8) is 0 Å². The van der Waals surface area contributed by atoms with Crippen molar-refractivity contribution in [2.45, 2.75) is 0 Å². The van der Waals surface area contributed by atoms with Crippen LogP contribution in [0.15, 0.2) is 66.1 Å². The number of carbonyl (C=O) groups excluding carboxylic acids is 1. The van der Waals surface area contributed by atoms with Gasteiger partial charge in [0.15, 0.2) is 0 Å². The van der Waals surface area contributed by atoms with Crippen LogP contribution in [0.25, 0.3) is 6.08 Å². The van der Waals surface area contributed by atoms with Gasteiger partial charge in [-0.3, -0.25) is 9.36 Å². The molecule has 4 nitrogen and oxygen atoms in total. The molecule has 0 aliphatic rings. The summed E-state index contributed by atoms with van der Waals surface area (Å²) in [6.45, 7) is 1.20. The van der Waals surface area contributed by atoms with Gasteiger partial charge in [-0.05, 0) is 23.8 Å². The Morgan fingerprint density at radius 3 is 2.10 bits per heavy atom. The Hall–Kier alpha value is -2.16. The van der Waals surface area contributed by atoms with Crippen molar-refractivity contribution in [3.8, 4) is 0 Å². The third kappa shape index (κ3) is 4.42. The zero-order chi connectivity index (χ0) is 15.3.